The maximum atomic E-state index is 9.10. The minimum absolute atomic E-state index is 0.280. The lowest BCUT2D eigenvalue weighted by atomic mass is 9.87. The molecular weight excluding hydrogens is 438 g/mol. The molecule has 0 bridgehead atoms. The number of para-hydroxylation sites is 1. The molecule has 2 fully saturated rings. The molecule has 10 nitrogen and oxygen atoms in total. The number of piperidine rings is 1. The van der Waals surface area contributed by atoms with Gasteiger partial charge in [0.05, 0.1) is 5.52 Å². The standard InChI is InChI=1S/C22H29N5O.C2H2O4/c1-15(2)27-19-9-4-3-8-18(19)21(25-27)22-24-23-20(28-22)14-16-10-12-26(13-11-16)17-6-5-7-17;3-1(4)2(5)6/h3-4,8-9,15-17H,5-7,10-14H2,1-2H3;(H,3,4)(H,5,6). The first-order valence-electron chi connectivity index (χ1n) is 11.8. The van der Waals surface area contributed by atoms with E-state index in [1.807, 2.05) is 16.8 Å². The van der Waals surface area contributed by atoms with Gasteiger partial charge in [-0.25, -0.2) is 9.59 Å². The van der Waals surface area contributed by atoms with Crippen molar-refractivity contribution in [3.05, 3.63) is 30.2 Å². The molecule has 2 N–H and O–H groups in total. The zero-order valence-corrected chi connectivity index (χ0v) is 19.6. The molecule has 0 atom stereocenters. The van der Waals surface area contributed by atoms with Crippen molar-refractivity contribution in [3.8, 4) is 11.6 Å². The van der Waals surface area contributed by atoms with Crippen LogP contribution < -0.4 is 0 Å². The molecule has 0 amide bonds. The number of rotatable bonds is 5. The second-order valence-electron chi connectivity index (χ2n) is 9.28. The van der Waals surface area contributed by atoms with E-state index >= 15 is 0 Å². The summed E-state index contributed by atoms with van der Waals surface area (Å²) in [6.07, 6.45) is 7.56. The van der Waals surface area contributed by atoms with Crippen LogP contribution in [0.15, 0.2) is 28.7 Å². The Bertz CT molecular complexity index is 1130. The van der Waals surface area contributed by atoms with Crippen molar-refractivity contribution in [1.82, 2.24) is 24.9 Å². The smallest absolute Gasteiger partial charge is 0.414 e. The Kier molecular flexibility index (Phi) is 7.26. The minimum Gasteiger partial charge on any atom is -0.473 e. The Morgan fingerprint density at radius 3 is 2.32 bits per heavy atom. The van der Waals surface area contributed by atoms with Gasteiger partial charge in [-0.05, 0) is 64.6 Å². The molecule has 0 unspecified atom stereocenters. The highest BCUT2D eigenvalue weighted by molar-refractivity contribution is 6.27. The highest BCUT2D eigenvalue weighted by Gasteiger charge is 2.29. The fourth-order valence-electron chi connectivity index (χ4n) is 4.59. The van der Waals surface area contributed by atoms with Crippen LogP contribution in [0, 0.1) is 5.92 Å². The summed E-state index contributed by atoms with van der Waals surface area (Å²) < 4.78 is 8.10. The van der Waals surface area contributed by atoms with Crippen molar-refractivity contribution in [2.24, 2.45) is 5.92 Å². The Labute approximate surface area is 197 Å². The number of nitrogens with zero attached hydrogens (tertiary/aromatic N) is 5. The number of aromatic nitrogens is 4. The van der Waals surface area contributed by atoms with E-state index in [-0.39, 0.29) is 6.04 Å². The first-order chi connectivity index (χ1) is 16.3. The molecule has 34 heavy (non-hydrogen) atoms. The molecule has 2 aromatic heterocycles. The summed E-state index contributed by atoms with van der Waals surface area (Å²) in [5, 5.41) is 29.3. The Balaban J connectivity index is 0.000000408. The highest BCUT2D eigenvalue weighted by Crippen LogP contribution is 2.32. The number of fused-ring (bicyclic) bond motifs is 1. The largest absolute Gasteiger partial charge is 0.473 e. The molecule has 1 aromatic carbocycles. The van der Waals surface area contributed by atoms with Crippen LogP contribution >= 0.6 is 0 Å². The average Bonchev–Trinajstić information content (AvgIpc) is 3.39. The van der Waals surface area contributed by atoms with Gasteiger partial charge in [0.25, 0.3) is 5.89 Å². The van der Waals surface area contributed by atoms with Gasteiger partial charge in [-0.2, -0.15) is 5.10 Å². The summed E-state index contributed by atoms with van der Waals surface area (Å²) in [6.45, 7) is 6.72. The highest BCUT2D eigenvalue weighted by atomic mass is 16.4. The van der Waals surface area contributed by atoms with Gasteiger partial charge in [0.2, 0.25) is 5.89 Å². The summed E-state index contributed by atoms with van der Waals surface area (Å²) in [6, 6.07) is 9.39. The van der Waals surface area contributed by atoms with E-state index in [1.165, 1.54) is 45.2 Å². The van der Waals surface area contributed by atoms with Crippen molar-refractivity contribution in [2.45, 2.75) is 64.5 Å². The molecule has 3 heterocycles. The summed E-state index contributed by atoms with van der Waals surface area (Å²) in [5.41, 5.74) is 1.90. The molecule has 10 heteroatoms. The van der Waals surface area contributed by atoms with Crippen LogP contribution in [0.5, 0.6) is 0 Å². The molecule has 0 radical (unpaired) electrons. The summed E-state index contributed by atoms with van der Waals surface area (Å²) in [7, 11) is 0. The van der Waals surface area contributed by atoms with Crippen LogP contribution in [0.1, 0.15) is 57.9 Å². The van der Waals surface area contributed by atoms with E-state index in [4.69, 9.17) is 29.3 Å². The first kappa shape index (κ1) is 23.9. The minimum atomic E-state index is -1.82. The van der Waals surface area contributed by atoms with E-state index in [0.717, 1.165) is 35.0 Å². The topological polar surface area (TPSA) is 135 Å². The fraction of sp³-hybridized carbons (Fsp3) is 0.542. The Morgan fingerprint density at radius 2 is 1.74 bits per heavy atom. The van der Waals surface area contributed by atoms with Crippen LogP contribution in [0.2, 0.25) is 0 Å². The van der Waals surface area contributed by atoms with E-state index in [9.17, 15) is 0 Å². The van der Waals surface area contributed by atoms with E-state index < -0.39 is 11.9 Å². The number of hydrogen-bond acceptors (Lipinski definition) is 7. The lowest BCUT2D eigenvalue weighted by molar-refractivity contribution is -0.159. The summed E-state index contributed by atoms with van der Waals surface area (Å²) in [4.78, 5) is 20.9. The fourth-order valence-corrected chi connectivity index (χ4v) is 4.59. The lowest BCUT2D eigenvalue weighted by Gasteiger charge is -2.41. The maximum Gasteiger partial charge on any atom is 0.414 e. The van der Waals surface area contributed by atoms with Gasteiger partial charge in [0.15, 0.2) is 5.69 Å². The predicted molar refractivity (Wildman–Crippen MR) is 124 cm³/mol. The van der Waals surface area contributed by atoms with Crippen LogP contribution in [0.3, 0.4) is 0 Å². The molecule has 3 aromatic rings. The monoisotopic (exact) mass is 469 g/mol. The van der Waals surface area contributed by atoms with Crippen molar-refractivity contribution in [2.75, 3.05) is 13.1 Å². The van der Waals surface area contributed by atoms with Crippen molar-refractivity contribution in [1.29, 1.82) is 0 Å². The average molecular weight is 470 g/mol. The lowest BCUT2D eigenvalue weighted by Crippen LogP contribution is -2.45. The summed E-state index contributed by atoms with van der Waals surface area (Å²) >= 11 is 0. The molecule has 182 valence electrons. The van der Waals surface area contributed by atoms with Crippen LogP contribution in [0.25, 0.3) is 22.5 Å². The van der Waals surface area contributed by atoms with E-state index in [2.05, 4.69) is 41.1 Å². The van der Waals surface area contributed by atoms with Crippen molar-refractivity contribution in [3.63, 3.8) is 0 Å². The van der Waals surface area contributed by atoms with Gasteiger partial charge in [-0.3, -0.25) is 4.68 Å². The van der Waals surface area contributed by atoms with E-state index in [1.54, 1.807) is 0 Å². The third-order valence-electron chi connectivity index (χ3n) is 6.66. The van der Waals surface area contributed by atoms with Crippen molar-refractivity contribution < 1.29 is 24.2 Å². The third kappa shape index (κ3) is 5.27. The van der Waals surface area contributed by atoms with Gasteiger partial charge in [0.1, 0.15) is 0 Å². The van der Waals surface area contributed by atoms with Gasteiger partial charge in [-0.15, -0.1) is 10.2 Å². The summed E-state index contributed by atoms with van der Waals surface area (Å²) in [5.74, 6) is -1.71. The molecule has 0 spiro atoms. The SMILES string of the molecule is CC(C)n1nc(-c2nnc(CC3CCN(C4CCC4)CC3)o2)c2ccccc21.O=C(O)C(=O)O. The van der Waals surface area contributed by atoms with Crippen LogP contribution in [0.4, 0.5) is 0 Å². The zero-order chi connectivity index (χ0) is 24.2. The molecule has 1 aliphatic carbocycles. The zero-order valence-electron chi connectivity index (χ0n) is 19.6. The molecule has 1 aliphatic heterocycles. The van der Waals surface area contributed by atoms with Gasteiger partial charge in [-0.1, -0.05) is 24.6 Å². The normalized spacial score (nSPS) is 17.4. The number of hydrogen-bond donors (Lipinski definition) is 2. The number of carboxylic acids is 2. The third-order valence-corrected chi connectivity index (χ3v) is 6.66. The predicted octanol–water partition coefficient (Wildman–Crippen LogP) is 3.63. The number of carboxylic acid groups (broad SMARTS) is 2. The van der Waals surface area contributed by atoms with Crippen LogP contribution in [-0.2, 0) is 16.0 Å². The molecule has 2 aliphatic rings. The van der Waals surface area contributed by atoms with Gasteiger partial charge < -0.3 is 19.5 Å². The Morgan fingerprint density at radius 1 is 1.06 bits per heavy atom. The Hall–Kier alpha value is -3.27. The molecule has 1 saturated heterocycles. The number of aliphatic carboxylic acids is 2. The molecular formula is C24H31N5O5. The molecule has 5 rings (SSSR count). The quantitative estimate of drug-likeness (QED) is 0.537. The van der Waals surface area contributed by atoms with Gasteiger partial charge >= 0.3 is 11.9 Å². The number of carbonyl (C=O) groups is 2. The van der Waals surface area contributed by atoms with E-state index in [0.29, 0.717) is 11.8 Å². The van der Waals surface area contributed by atoms with Crippen molar-refractivity contribution >= 4 is 22.8 Å². The number of benzene rings is 1. The number of likely N-dealkylation sites (tertiary alicyclic amines) is 1. The second kappa shape index (κ2) is 10.3. The van der Waals surface area contributed by atoms with Gasteiger partial charge in [0, 0.05) is 23.9 Å². The molecule has 1 saturated carbocycles. The maximum absolute atomic E-state index is 9.10. The second-order valence-corrected chi connectivity index (χ2v) is 9.28. The first-order valence-corrected chi connectivity index (χ1v) is 11.8. The van der Waals surface area contributed by atoms with Crippen LogP contribution in [-0.4, -0.2) is 66.2 Å².